The maximum atomic E-state index is 14.6. The third-order valence-corrected chi connectivity index (χ3v) is 7.55. The summed E-state index contributed by atoms with van der Waals surface area (Å²) < 4.78 is 40.3. The van der Waals surface area contributed by atoms with Crippen LogP contribution in [0.25, 0.3) is 11.1 Å². The van der Waals surface area contributed by atoms with Crippen molar-refractivity contribution >= 4 is 0 Å². The van der Waals surface area contributed by atoms with Crippen molar-refractivity contribution in [3.63, 3.8) is 0 Å². The molecule has 2 aromatic rings. The lowest BCUT2D eigenvalue weighted by Crippen LogP contribution is -2.33. The molecule has 2 fully saturated rings. The number of rotatable bonds is 8. The Bertz CT molecular complexity index is 908. The Morgan fingerprint density at radius 3 is 2.36 bits per heavy atom. The van der Waals surface area contributed by atoms with Crippen LogP contribution in [0.1, 0.15) is 69.8 Å². The topological polar surface area (TPSA) is 18.5 Å². The van der Waals surface area contributed by atoms with Crippen molar-refractivity contribution in [3.8, 4) is 16.9 Å². The van der Waals surface area contributed by atoms with Gasteiger partial charge in [-0.3, -0.25) is 0 Å². The van der Waals surface area contributed by atoms with Crippen LogP contribution in [0.3, 0.4) is 0 Å². The first-order chi connectivity index (χ1) is 16.1. The van der Waals surface area contributed by atoms with E-state index < -0.39 is 11.6 Å². The first-order valence-electron chi connectivity index (χ1n) is 12.5. The van der Waals surface area contributed by atoms with Crippen LogP contribution in [0.15, 0.2) is 49.1 Å². The molecule has 0 radical (unpaired) electrons. The van der Waals surface area contributed by atoms with Crippen molar-refractivity contribution < 1.29 is 18.3 Å². The summed E-state index contributed by atoms with van der Waals surface area (Å²) in [7, 11) is 0. The molecule has 1 saturated heterocycles. The first kappa shape index (κ1) is 23.9. The van der Waals surface area contributed by atoms with Crippen molar-refractivity contribution in [3.05, 3.63) is 66.3 Å². The fourth-order valence-electron chi connectivity index (χ4n) is 5.57. The lowest BCUT2D eigenvalue weighted by atomic mass is 9.75. The van der Waals surface area contributed by atoms with Crippen molar-refractivity contribution in [1.29, 1.82) is 0 Å². The van der Waals surface area contributed by atoms with Gasteiger partial charge in [-0.05, 0) is 80.5 Å². The van der Waals surface area contributed by atoms with Crippen LogP contribution < -0.4 is 4.74 Å². The summed E-state index contributed by atoms with van der Waals surface area (Å²) in [6.45, 7) is 6.63. The molecule has 0 N–H and O–H groups in total. The Kier molecular flexibility index (Phi) is 8.19. The molecule has 0 bridgehead atoms. The molecule has 1 saturated carbocycles. The summed E-state index contributed by atoms with van der Waals surface area (Å²) >= 11 is 0. The molecular formula is C29H36F2O2. The number of hydrogen-bond donors (Lipinski definition) is 0. The smallest absolute Gasteiger partial charge is 0.201 e. The predicted molar refractivity (Wildman–Crippen MR) is 130 cm³/mol. The predicted octanol–water partition coefficient (Wildman–Crippen LogP) is 8.07. The Morgan fingerprint density at radius 2 is 1.73 bits per heavy atom. The molecule has 2 unspecified atom stereocenters. The fourth-order valence-corrected chi connectivity index (χ4v) is 5.57. The monoisotopic (exact) mass is 454 g/mol. The molecule has 1 aliphatic heterocycles. The number of halogens is 2. The average molecular weight is 455 g/mol. The van der Waals surface area contributed by atoms with Crippen LogP contribution in [-0.4, -0.2) is 19.3 Å². The maximum absolute atomic E-state index is 14.6. The third-order valence-electron chi connectivity index (χ3n) is 7.55. The second kappa shape index (κ2) is 11.3. The highest BCUT2D eigenvalue weighted by molar-refractivity contribution is 5.65. The molecule has 2 aliphatic rings. The van der Waals surface area contributed by atoms with Gasteiger partial charge in [0.15, 0.2) is 11.6 Å². The Balaban J connectivity index is 1.32. The lowest BCUT2D eigenvalue weighted by molar-refractivity contribution is -0.0435. The van der Waals surface area contributed by atoms with Crippen molar-refractivity contribution in [2.24, 2.45) is 11.8 Å². The van der Waals surface area contributed by atoms with E-state index >= 15 is 0 Å². The number of hydrogen-bond acceptors (Lipinski definition) is 2. The lowest BCUT2D eigenvalue weighted by Gasteiger charge is -2.38. The van der Waals surface area contributed by atoms with Gasteiger partial charge >= 0.3 is 0 Å². The molecule has 4 rings (SSSR count). The van der Waals surface area contributed by atoms with Crippen LogP contribution >= 0.6 is 0 Å². The van der Waals surface area contributed by atoms with Gasteiger partial charge in [-0.25, -0.2) is 4.39 Å². The molecule has 2 aromatic carbocycles. The summed E-state index contributed by atoms with van der Waals surface area (Å²) in [6.07, 6.45) is 12.3. The van der Waals surface area contributed by atoms with Crippen molar-refractivity contribution in [1.82, 2.24) is 0 Å². The van der Waals surface area contributed by atoms with Gasteiger partial charge in [-0.1, -0.05) is 43.2 Å². The van der Waals surface area contributed by atoms with E-state index in [-0.39, 0.29) is 11.3 Å². The number of benzene rings is 2. The van der Waals surface area contributed by atoms with Crippen LogP contribution in [0.5, 0.6) is 5.75 Å². The van der Waals surface area contributed by atoms with Crippen LogP contribution in [0.2, 0.25) is 0 Å². The Morgan fingerprint density at radius 1 is 0.970 bits per heavy atom. The summed E-state index contributed by atoms with van der Waals surface area (Å²) in [4.78, 5) is 0. The van der Waals surface area contributed by atoms with Gasteiger partial charge in [-0.2, -0.15) is 4.39 Å². The van der Waals surface area contributed by atoms with Crippen molar-refractivity contribution in [2.45, 2.75) is 70.3 Å². The minimum absolute atomic E-state index is 0.0467. The van der Waals surface area contributed by atoms with E-state index in [1.54, 1.807) is 13.0 Å². The summed E-state index contributed by atoms with van der Waals surface area (Å²) in [5.41, 5.74) is 2.13. The highest BCUT2D eigenvalue weighted by Gasteiger charge is 2.32. The van der Waals surface area contributed by atoms with Crippen LogP contribution in [-0.2, 0) is 4.74 Å². The Labute approximate surface area is 197 Å². The van der Waals surface area contributed by atoms with Crippen LogP contribution in [0.4, 0.5) is 8.78 Å². The molecule has 1 heterocycles. The summed E-state index contributed by atoms with van der Waals surface area (Å²) in [5, 5.41) is 0. The van der Waals surface area contributed by atoms with Gasteiger partial charge in [0, 0.05) is 11.5 Å². The van der Waals surface area contributed by atoms with Crippen molar-refractivity contribution in [2.75, 3.05) is 13.2 Å². The molecule has 2 nitrogen and oxygen atoms in total. The Hall–Kier alpha value is -2.20. The highest BCUT2D eigenvalue weighted by atomic mass is 19.2. The van der Waals surface area contributed by atoms with E-state index in [4.69, 9.17) is 9.47 Å². The van der Waals surface area contributed by atoms with E-state index in [1.807, 2.05) is 30.3 Å². The molecule has 0 spiro atoms. The largest absolute Gasteiger partial charge is 0.491 e. The molecule has 4 heteroatoms. The van der Waals surface area contributed by atoms with E-state index in [0.29, 0.717) is 30.1 Å². The zero-order valence-corrected chi connectivity index (χ0v) is 19.7. The second-order valence-corrected chi connectivity index (χ2v) is 9.59. The molecule has 178 valence electrons. The molecule has 2 atom stereocenters. The quantitative estimate of drug-likeness (QED) is 0.376. The second-order valence-electron chi connectivity index (χ2n) is 9.59. The van der Waals surface area contributed by atoms with E-state index in [0.717, 1.165) is 31.8 Å². The first-order valence-corrected chi connectivity index (χ1v) is 12.5. The maximum Gasteiger partial charge on any atom is 0.201 e. The van der Waals surface area contributed by atoms with Gasteiger partial charge < -0.3 is 9.47 Å². The SMILES string of the molecule is C=CCCC1CCC(C2CCC(c3ccc(-c4ccc(OCC)c(F)c4F)cc3)CO2)CC1. The average Bonchev–Trinajstić information content (AvgIpc) is 2.86. The number of allylic oxidation sites excluding steroid dienone is 1. The van der Waals surface area contributed by atoms with E-state index in [2.05, 4.69) is 6.58 Å². The van der Waals surface area contributed by atoms with Crippen LogP contribution in [0, 0.1) is 23.5 Å². The standard InChI is InChI=1S/C29H36F2O2/c1-3-5-6-20-7-9-23(10-8-20)26-17-15-24(19-33-26)21-11-13-22(14-12-21)25-16-18-27(32-4-2)29(31)28(25)30/h3,11-14,16,18,20,23-24,26H,1,4-10,15,17,19H2,2H3. The number of ether oxygens (including phenoxy) is 2. The van der Waals surface area contributed by atoms with Gasteiger partial charge in [-0.15, -0.1) is 6.58 Å². The minimum Gasteiger partial charge on any atom is -0.491 e. The minimum atomic E-state index is -0.931. The molecule has 0 amide bonds. The summed E-state index contributed by atoms with van der Waals surface area (Å²) in [6, 6.07) is 10.9. The van der Waals surface area contributed by atoms with E-state index in [9.17, 15) is 8.78 Å². The highest BCUT2D eigenvalue weighted by Crippen LogP contribution is 2.39. The van der Waals surface area contributed by atoms with Gasteiger partial charge in [0.25, 0.3) is 0 Å². The zero-order valence-electron chi connectivity index (χ0n) is 19.7. The molecule has 0 aromatic heterocycles. The zero-order chi connectivity index (χ0) is 23.2. The third kappa shape index (κ3) is 5.66. The van der Waals surface area contributed by atoms with Gasteiger partial charge in [0.2, 0.25) is 5.82 Å². The normalized spacial score (nSPS) is 25.5. The molecule has 33 heavy (non-hydrogen) atoms. The van der Waals surface area contributed by atoms with Gasteiger partial charge in [0.05, 0.1) is 19.3 Å². The molecular weight excluding hydrogens is 418 g/mol. The molecule has 1 aliphatic carbocycles. The van der Waals surface area contributed by atoms with E-state index in [1.165, 1.54) is 43.7 Å². The fraction of sp³-hybridized carbons (Fsp3) is 0.517. The van der Waals surface area contributed by atoms with Gasteiger partial charge in [0.1, 0.15) is 0 Å². The summed E-state index contributed by atoms with van der Waals surface area (Å²) in [5.74, 6) is 0.0842.